The Balaban J connectivity index is 2.35. The summed E-state index contributed by atoms with van der Waals surface area (Å²) in [6.07, 6.45) is 1.09. The SMILES string of the molecule is Cc1cccc(C(O)c2cc(C)ccn2)c1. The molecule has 0 aliphatic carbocycles. The van der Waals surface area contributed by atoms with E-state index in [1.807, 2.05) is 50.2 Å². The van der Waals surface area contributed by atoms with E-state index in [1.54, 1.807) is 6.20 Å². The van der Waals surface area contributed by atoms with Crippen LogP contribution in [0.15, 0.2) is 42.6 Å². The van der Waals surface area contributed by atoms with E-state index in [-0.39, 0.29) is 0 Å². The predicted octanol–water partition coefficient (Wildman–Crippen LogP) is 2.78. The maximum absolute atomic E-state index is 10.2. The van der Waals surface area contributed by atoms with Gasteiger partial charge in [0.25, 0.3) is 0 Å². The Kier molecular flexibility index (Phi) is 3.02. The highest BCUT2D eigenvalue weighted by Crippen LogP contribution is 2.21. The van der Waals surface area contributed by atoms with E-state index in [4.69, 9.17) is 0 Å². The summed E-state index contributed by atoms with van der Waals surface area (Å²) in [5.74, 6) is 0. The number of aliphatic hydroxyl groups is 1. The van der Waals surface area contributed by atoms with Crippen molar-refractivity contribution in [2.24, 2.45) is 0 Å². The fraction of sp³-hybridized carbons (Fsp3) is 0.214. The molecule has 0 spiro atoms. The van der Waals surface area contributed by atoms with Crippen molar-refractivity contribution in [2.75, 3.05) is 0 Å². The van der Waals surface area contributed by atoms with Crippen LogP contribution in [0.2, 0.25) is 0 Å². The highest BCUT2D eigenvalue weighted by atomic mass is 16.3. The molecule has 1 unspecified atom stereocenters. The molecular weight excluding hydrogens is 198 g/mol. The van der Waals surface area contributed by atoms with Gasteiger partial charge < -0.3 is 5.11 Å². The number of benzene rings is 1. The third-order valence-electron chi connectivity index (χ3n) is 2.57. The largest absolute Gasteiger partial charge is 0.382 e. The van der Waals surface area contributed by atoms with E-state index in [9.17, 15) is 5.11 Å². The van der Waals surface area contributed by atoms with Crippen LogP contribution < -0.4 is 0 Å². The van der Waals surface area contributed by atoms with E-state index < -0.39 is 6.10 Å². The molecule has 0 aliphatic rings. The molecule has 2 aromatic rings. The van der Waals surface area contributed by atoms with Gasteiger partial charge in [-0.3, -0.25) is 4.98 Å². The number of aromatic nitrogens is 1. The highest BCUT2D eigenvalue weighted by Gasteiger charge is 2.11. The van der Waals surface area contributed by atoms with Gasteiger partial charge in [0.15, 0.2) is 0 Å². The number of aliphatic hydroxyl groups excluding tert-OH is 1. The average molecular weight is 213 g/mol. The minimum atomic E-state index is -0.639. The summed E-state index contributed by atoms with van der Waals surface area (Å²) in [6.45, 7) is 4.01. The summed E-state index contributed by atoms with van der Waals surface area (Å²) in [4.78, 5) is 4.20. The van der Waals surface area contributed by atoms with E-state index >= 15 is 0 Å². The first kappa shape index (κ1) is 10.8. The second-order valence-electron chi connectivity index (χ2n) is 4.07. The lowest BCUT2D eigenvalue weighted by atomic mass is 10.0. The van der Waals surface area contributed by atoms with E-state index in [0.717, 1.165) is 16.7 Å². The van der Waals surface area contributed by atoms with Crippen LogP contribution in [0.25, 0.3) is 0 Å². The van der Waals surface area contributed by atoms with Crippen LogP contribution in [0.3, 0.4) is 0 Å². The maximum Gasteiger partial charge on any atom is 0.121 e. The summed E-state index contributed by atoms with van der Waals surface area (Å²) >= 11 is 0. The minimum absolute atomic E-state index is 0.639. The van der Waals surface area contributed by atoms with E-state index in [0.29, 0.717) is 5.69 Å². The van der Waals surface area contributed by atoms with E-state index in [1.165, 1.54) is 0 Å². The molecule has 1 aromatic heterocycles. The summed E-state index contributed by atoms with van der Waals surface area (Å²) in [5.41, 5.74) is 3.84. The van der Waals surface area contributed by atoms with Crippen LogP contribution in [0.5, 0.6) is 0 Å². The fourth-order valence-corrected chi connectivity index (χ4v) is 1.72. The van der Waals surface area contributed by atoms with Crippen molar-refractivity contribution in [3.63, 3.8) is 0 Å². The molecule has 1 N–H and O–H groups in total. The number of pyridine rings is 1. The van der Waals surface area contributed by atoms with Crippen molar-refractivity contribution >= 4 is 0 Å². The lowest BCUT2D eigenvalue weighted by Crippen LogP contribution is -2.02. The van der Waals surface area contributed by atoms with Gasteiger partial charge in [-0.25, -0.2) is 0 Å². The van der Waals surface area contributed by atoms with Crippen molar-refractivity contribution in [3.8, 4) is 0 Å². The van der Waals surface area contributed by atoms with Gasteiger partial charge in [-0.15, -0.1) is 0 Å². The zero-order valence-corrected chi connectivity index (χ0v) is 9.51. The normalized spacial score (nSPS) is 12.4. The Morgan fingerprint density at radius 3 is 2.50 bits per heavy atom. The second-order valence-corrected chi connectivity index (χ2v) is 4.07. The van der Waals surface area contributed by atoms with E-state index in [2.05, 4.69) is 4.98 Å². The van der Waals surface area contributed by atoms with Crippen LogP contribution in [0, 0.1) is 13.8 Å². The Morgan fingerprint density at radius 1 is 1.06 bits per heavy atom. The minimum Gasteiger partial charge on any atom is -0.382 e. The average Bonchev–Trinajstić information content (AvgIpc) is 2.28. The Labute approximate surface area is 95.6 Å². The molecular formula is C14H15NO. The number of aryl methyl sites for hydroxylation is 2. The smallest absolute Gasteiger partial charge is 0.121 e. The molecule has 0 radical (unpaired) electrons. The molecule has 0 aliphatic heterocycles. The van der Waals surface area contributed by atoms with Gasteiger partial charge in [-0.2, -0.15) is 0 Å². The van der Waals surface area contributed by atoms with Gasteiger partial charge in [0, 0.05) is 6.20 Å². The zero-order valence-electron chi connectivity index (χ0n) is 9.51. The lowest BCUT2D eigenvalue weighted by Gasteiger charge is -2.11. The molecule has 82 valence electrons. The van der Waals surface area contributed by atoms with Gasteiger partial charge in [0.05, 0.1) is 5.69 Å². The maximum atomic E-state index is 10.2. The predicted molar refractivity (Wildman–Crippen MR) is 64.2 cm³/mol. The van der Waals surface area contributed by atoms with Crippen molar-refractivity contribution in [2.45, 2.75) is 20.0 Å². The van der Waals surface area contributed by atoms with Gasteiger partial charge in [0.1, 0.15) is 6.10 Å². The number of nitrogens with zero attached hydrogens (tertiary/aromatic N) is 1. The first-order chi connectivity index (χ1) is 7.66. The monoisotopic (exact) mass is 213 g/mol. The second kappa shape index (κ2) is 4.45. The molecule has 1 atom stereocenters. The number of hydrogen-bond acceptors (Lipinski definition) is 2. The van der Waals surface area contributed by atoms with Gasteiger partial charge in [0.2, 0.25) is 0 Å². The van der Waals surface area contributed by atoms with Gasteiger partial charge >= 0.3 is 0 Å². The standard InChI is InChI=1S/C14H15NO/c1-10-4-3-5-12(8-10)14(16)13-9-11(2)6-7-15-13/h3-9,14,16H,1-2H3. The first-order valence-corrected chi connectivity index (χ1v) is 5.34. The third-order valence-corrected chi connectivity index (χ3v) is 2.57. The summed E-state index contributed by atoms with van der Waals surface area (Å²) in [7, 11) is 0. The Bertz CT molecular complexity index is 448. The van der Waals surface area contributed by atoms with Crippen molar-refractivity contribution in [1.82, 2.24) is 4.98 Å². The van der Waals surface area contributed by atoms with Gasteiger partial charge in [-0.05, 0) is 37.1 Å². The topological polar surface area (TPSA) is 33.1 Å². The van der Waals surface area contributed by atoms with Crippen LogP contribution in [0.1, 0.15) is 28.5 Å². The molecule has 0 saturated heterocycles. The molecule has 0 amide bonds. The third kappa shape index (κ3) is 2.28. The van der Waals surface area contributed by atoms with Crippen molar-refractivity contribution in [3.05, 3.63) is 65.0 Å². The van der Waals surface area contributed by atoms with Crippen LogP contribution >= 0.6 is 0 Å². The summed E-state index contributed by atoms with van der Waals surface area (Å²) < 4.78 is 0. The molecule has 2 heteroatoms. The number of hydrogen-bond donors (Lipinski definition) is 1. The van der Waals surface area contributed by atoms with Crippen molar-refractivity contribution in [1.29, 1.82) is 0 Å². The van der Waals surface area contributed by atoms with Crippen LogP contribution in [-0.4, -0.2) is 10.1 Å². The molecule has 16 heavy (non-hydrogen) atoms. The van der Waals surface area contributed by atoms with Crippen LogP contribution in [0.4, 0.5) is 0 Å². The Morgan fingerprint density at radius 2 is 1.81 bits per heavy atom. The molecule has 0 bridgehead atoms. The quantitative estimate of drug-likeness (QED) is 0.832. The summed E-state index contributed by atoms with van der Waals surface area (Å²) in [6, 6.07) is 11.7. The molecule has 2 rings (SSSR count). The Hall–Kier alpha value is -1.67. The number of rotatable bonds is 2. The molecule has 2 nitrogen and oxygen atoms in total. The van der Waals surface area contributed by atoms with Crippen LogP contribution in [-0.2, 0) is 0 Å². The lowest BCUT2D eigenvalue weighted by molar-refractivity contribution is 0.215. The highest BCUT2D eigenvalue weighted by molar-refractivity contribution is 5.30. The fourth-order valence-electron chi connectivity index (χ4n) is 1.72. The van der Waals surface area contributed by atoms with Gasteiger partial charge in [-0.1, -0.05) is 29.8 Å². The molecule has 1 heterocycles. The molecule has 1 aromatic carbocycles. The first-order valence-electron chi connectivity index (χ1n) is 5.34. The van der Waals surface area contributed by atoms with Crippen molar-refractivity contribution < 1.29 is 5.11 Å². The summed E-state index contributed by atoms with van der Waals surface area (Å²) in [5, 5.41) is 10.2. The molecule has 0 saturated carbocycles. The zero-order chi connectivity index (χ0) is 11.5. The molecule has 0 fully saturated rings.